The zero-order valence-corrected chi connectivity index (χ0v) is 12.0. The van der Waals surface area contributed by atoms with Crippen LogP contribution in [-0.2, 0) is 22.6 Å². The van der Waals surface area contributed by atoms with Crippen molar-refractivity contribution in [1.29, 1.82) is 0 Å². The SMILES string of the molecule is O=C(OCc1ccccc1)[C@H]1Cc2ccccc2N1.S. The molecule has 0 bridgehead atoms. The van der Waals surface area contributed by atoms with Gasteiger partial charge in [-0.1, -0.05) is 48.5 Å². The van der Waals surface area contributed by atoms with Crippen molar-refractivity contribution in [2.45, 2.75) is 19.1 Å². The van der Waals surface area contributed by atoms with E-state index in [-0.39, 0.29) is 25.5 Å². The third-order valence-electron chi connectivity index (χ3n) is 3.28. The van der Waals surface area contributed by atoms with Crippen molar-refractivity contribution in [3.05, 3.63) is 65.7 Å². The van der Waals surface area contributed by atoms with Crippen molar-refractivity contribution in [1.82, 2.24) is 0 Å². The molecule has 20 heavy (non-hydrogen) atoms. The Labute approximate surface area is 125 Å². The summed E-state index contributed by atoms with van der Waals surface area (Å²) in [4.78, 5) is 12.0. The molecule has 0 aliphatic carbocycles. The molecule has 4 heteroatoms. The fraction of sp³-hybridized carbons (Fsp3) is 0.188. The highest BCUT2D eigenvalue weighted by molar-refractivity contribution is 7.59. The van der Waals surface area contributed by atoms with Crippen molar-refractivity contribution >= 4 is 25.2 Å². The summed E-state index contributed by atoms with van der Waals surface area (Å²) in [5, 5.41) is 3.20. The van der Waals surface area contributed by atoms with E-state index in [4.69, 9.17) is 4.74 Å². The minimum Gasteiger partial charge on any atom is -0.459 e. The quantitative estimate of drug-likeness (QED) is 0.882. The number of esters is 1. The molecule has 0 unspecified atom stereocenters. The van der Waals surface area contributed by atoms with E-state index in [1.807, 2.05) is 54.6 Å². The Morgan fingerprint density at radius 1 is 1.10 bits per heavy atom. The van der Waals surface area contributed by atoms with Crippen molar-refractivity contribution in [3.8, 4) is 0 Å². The van der Waals surface area contributed by atoms with E-state index in [1.54, 1.807) is 0 Å². The molecule has 1 N–H and O–H groups in total. The van der Waals surface area contributed by atoms with Gasteiger partial charge in [0.05, 0.1) is 0 Å². The first-order valence-electron chi connectivity index (χ1n) is 6.38. The molecule has 0 radical (unpaired) electrons. The maximum absolute atomic E-state index is 12.0. The Morgan fingerprint density at radius 2 is 1.80 bits per heavy atom. The van der Waals surface area contributed by atoms with E-state index in [1.165, 1.54) is 5.56 Å². The van der Waals surface area contributed by atoms with E-state index < -0.39 is 0 Å². The Kier molecular flexibility index (Phi) is 4.69. The van der Waals surface area contributed by atoms with Gasteiger partial charge >= 0.3 is 5.97 Å². The molecule has 2 aromatic carbocycles. The first-order valence-corrected chi connectivity index (χ1v) is 6.38. The van der Waals surface area contributed by atoms with Crippen LogP contribution < -0.4 is 5.32 Å². The predicted octanol–water partition coefficient (Wildman–Crippen LogP) is 2.88. The van der Waals surface area contributed by atoms with E-state index >= 15 is 0 Å². The number of carbonyl (C=O) groups is 1. The summed E-state index contributed by atoms with van der Waals surface area (Å²) in [6.45, 7) is 0.328. The molecule has 1 heterocycles. The Morgan fingerprint density at radius 3 is 2.55 bits per heavy atom. The van der Waals surface area contributed by atoms with Crippen molar-refractivity contribution in [2.24, 2.45) is 0 Å². The number of para-hydroxylation sites is 1. The number of nitrogens with one attached hydrogen (secondary N) is 1. The fourth-order valence-electron chi connectivity index (χ4n) is 2.27. The van der Waals surface area contributed by atoms with Crippen molar-refractivity contribution in [3.63, 3.8) is 0 Å². The number of hydrogen-bond donors (Lipinski definition) is 1. The first-order chi connectivity index (χ1) is 9.33. The second-order valence-electron chi connectivity index (χ2n) is 4.65. The molecule has 0 saturated heterocycles. The van der Waals surface area contributed by atoms with Gasteiger partial charge in [0.15, 0.2) is 0 Å². The number of rotatable bonds is 3. The van der Waals surface area contributed by atoms with Gasteiger partial charge in [-0.25, -0.2) is 4.79 Å². The summed E-state index contributed by atoms with van der Waals surface area (Å²) < 4.78 is 5.34. The highest BCUT2D eigenvalue weighted by atomic mass is 32.1. The van der Waals surface area contributed by atoms with Gasteiger partial charge in [0.25, 0.3) is 0 Å². The van der Waals surface area contributed by atoms with Gasteiger partial charge in [-0.2, -0.15) is 13.5 Å². The Bertz CT molecular complexity index is 561. The van der Waals surface area contributed by atoms with Crippen molar-refractivity contribution in [2.75, 3.05) is 5.32 Å². The Hall–Kier alpha value is -1.94. The molecule has 0 spiro atoms. The first kappa shape index (κ1) is 14.5. The van der Waals surface area contributed by atoms with Gasteiger partial charge in [0.2, 0.25) is 0 Å². The average molecular weight is 287 g/mol. The zero-order chi connectivity index (χ0) is 13.1. The van der Waals surface area contributed by atoms with Crippen LogP contribution in [0.5, 0.6) is 0 Å². The highest BCUT2D eigenvalue weighted by Crippen LogP contribution is 2.25. The third kappa shape index (κ3) is 3.14. The number of carbonyl (C=O) groups excluding carboxylic acids is 1. The maximum atomic E-state index is 12.0. The van der Waals surface area contributed by atoms with Crippen LogP contribution in [0.15, 0.2) is 54.6 Å². The molecule has 0 amide bonds. The van der Waals surface area contributed by atoms with Crippen LogP contribution in [0.1, 0.15) is 11.1 Å². The molecule has 1 aliphatic heterocycles. The summed E-state index contributed by atoms with van der Waals surface area (Å²) in [5.41, 5.74) is 3.21. The van der Waals surface area contributed by atoms with Crippen molar-refractivity contribution < 1.29 is 9.53 Å². The minimum absolute atomic E-state index is 0. The zero-order valence-electron chi connectivity index (χ0n) is 11.0. The van der Waals surface area contributed by atoms with Crippen LogP contribution in [0, 0.1) is 0 Å². The van der Waals surface area contributed by atoms with Gasteiger partial charge in [0, 0.05) is 12.1 Å². The second-order valence-corrected chi connectivity index (χ2v) is 4.65. The highest BCUT2D eigenvalue weighted by Gasteiger charge is 2.27. The van der Waals surface area contributed by atoms with Crippen LogP contribution in [0.25, 0.3) is 0 Å². The molecule has 1 atom stereocenters. The topological polar surface area (TPSA) is 38.3 Å². The molecule has 1 aliphatic rings. The molecular formula is C16H17NO2S. The number of hydrogen-bond acceptors (Lipinski definition) is 3. The van der Waals surface area contributed by atoms with E-state index in [9.17, 15) is 4.79 Å². The van der Waals surface area contributed by atoms with Gasteiger partial charge < -0.3 is 10.1 Å². The average Bonchev–Trinajstić information content (AvgIpc) is 2.90. The number of fused-ring (bicyclic) bond motifs is 1. The summed E-state index contributed by atoms with van der Waals surface area (Å²) in [5.74, 6) is -0.194. The molecule has 104 valence electrons. The second kappa shape index (κ2) is 6.48. The van der Waals surface area contributed by atoms with Crippen LogP contribution in [-0.4, -0.2) is 12.0 Å². The van der Waals surface area contributed by atoms with Gasteiger partial charge in [0.1, 0.15) is 12.6 Å². The Balaban J connectivity index is 0.00000147. The molecule has 0 aromatic heterocycles. The summed E-state index contributed by atoms with van der Waals surface area (Å²) in [7, 11) is 0. The molecule has 0 fully saturated rings. The number of ether oxygens (including phenoxy) is 1. The molecule has 3 rings (SSSR count). The van der Waals surface area contributed by atoms with E-state index in [2.05, 4.69) is 5.32 Å². The normalized spacial score (nSPS) is 15.7. The van der Waals surface area contributed by atoms with Crippen LogP contribution >= 0.6 is 13.5 Å². The van der Waals surface area contributed by atoms with Gasteiger partial charge in [-0.3, -0.25) is 0 Å². The predicted molar refractivity (Wildman–Crippen MR) is 84.2 cm³/mol. The van der Waals surface area contributed by atoms with E-state index in [0.29, 0.717) is 13.0 Å². The lowest BCUT2D eigenvalue weighted by atomic mass is 10.1. The standard InChI is InChI=1S/C16H15NO2.H2S/c18-16(19-11-12-6-2-1-3-7-12)15-10-13-8-4-5-9-14(13)17-15;/h1-9,15,17H,10-11H2;1H2/t15-;/m1./s1. The summed E-state index contributed by atoms with van der Waals surface area (Å²) >= 11 is 0. The van der Waals surface area contributed by atoms with Gasteiger partial charge in [-0.05, 0) is 17.2 Å². The summed E-state index contributed by atoms with van der Waals surface area (Å²) in [6, 6.07) is 17.4. The van der Waals surface area contributed by atoms with Gasteiger partial charge in [-0.15, -0.1) is 0 Å². The van der Waals surface area contributed by atoms with E-state index in [0.717, 1.165) is 11.3 Å². The molecule has 2 aromatic rings. The fourth-order valence-corrected chi connectivity index (χ4v) is 2.27. The maximum Gasteiger partial charge on any atom is 0.329 e. The molecular weight excluding hydrogens is 270 g/mol. The monoisotopic (exact) mass is 287 g/mol. The molecule has 0 saturated carbocycles. The minimum atomic E-state index is -0.263. The smallest absolute Gasteiger partial charge is 0.329 e. The lowest BCUT2D eigenvalue weighted by Crippen LogP contribution is -2.28. The number of benzene rings is 2. The van der Waals surface area contributed by atoms with Crippen LogP contribution in [0.3, 0.4) is 0 Å². The van der Waals surface area contributed by atoms with Crippen LogP contribution in [0.2, 0.25) is 0 Å². The largest absolute Gasteiger partial charge is 0.459 e. The summed E-state index contributed by atoms with van der Waals surface area (Å²) in [6.07, 6.45) is 0.698. The molecule has 3 nitrogen and oxygen atoms in total. The number of anilines is 1. The lowest BCUT2D eigenvalue weighted by molar-refractivity contribution is -0.145. The third-order valence-corrected chi connectivity index (χ3v) is 3.28. The lowest BCUT2D eigenvalue weighted by Gasteiger charge is -2.11. The van der Waals surface area contributed by atoms with Crippen LogP contribution in [0.4, 0.5) is 5.69 Å².